The predicted molar refractivity (Wildman–Crippen MR) is 162 cm³/mol. The number of carbonyl (C=O) groups is 2. The molecule has 0 saturated carbocycles. The van der Waals surface area contributed by atoms with Crippen LogP contribution < -0.4 is 15.2 Å². The van der Waals surface area contributed by atoms with E-state index in [9.17, 15) is 9.59 Å². The Balaban J connectivity index is 1.44. The van der Waals surface area contributed by atoms with Crippen molar-refractivity contribution < 1.29 is 14.3 Å². The van der Waals surface area contributed by atoms with Crippen LogP contribution in [0, 0.1) is 0 Å². The first-order valence-corrected chi connectivity index (χ1v) is 14.8. The lowest BCUT2D eigenvalue weighted by molar-refractivity contribution is 0.0909. The van der Waals surface area contributed by atoms with Crippen LogP contribution >= 0.6 is 0 Å². The van der Waals surface area contributed by atoms with Gasteiger partial charge in [-0.2, -0.15) is 0 Å². The summed E-state index contributed by atoms with van der Waals surface area (Å²) in [5.41, 5.74) is 6.20. The summed E-state index contributed by atoms with van der Waals surface area (Å²) in [6, 6.07) is 24.2. The number of carbonyl (C=O) groups excluding carboxylic acids is 2. The summed E-state index contributed by atoms with van der Waals surface area (Å²) >= 11 is 0. The molecule has 0 spiro atoms. The Bertz CT molecular complexity index is 1230. The molecule has 1 heterocycles. The fourth-order valence-electron chi connectivity index (χ4n) is 5.38. The second-order valence-corrected chi connectivity index (χ2v) is 10.4. The molecule has 3 aromatic carbocycles. The number of hydrazine groups is 1. The molecule has 1 amide bonds. The van der Waals surface area contributed by atoms with Crippen LogP contribution in [-0.2, 0) is 6.42 Å². The number of nitrogens with zero attached hydrogens (tertiary/aromatic N) is 2. The summed E-state index contributed by atoms with van der Waals surface area (Å²) in [6.45, 7) is 8.32. The minimum Gasteiger partial charge on any atom is -0.493 e. The first-order valence-electron chi connectivity index (χ1n) is 14.8. The van der Waals surface area contributed by atoms with E-state index < -0.39 is 6.04 Å². The number of hydrogen-bond acceptors (Lipinski definition) is 5. The molecule has 0 radical (unpaired) electrons. The summed E-state index contributed by atoms with van der Waals surface area (Å²) in [4.78, 5) is 29.8. The van der Waals surface area contributed by atoms with Crippen LogP contribution in [0.15, 0.2) is 78.9 Å². The number of para-hydroxylation sites is 2. The van der Waals surface area contributed by atoms with Crippen molar-refractivity contribution in [2.75, 3.05) is 31.3 Å². The van der Waals surface area contributed by atoms with Crippen LogP contribution in [0.3, 0.4) is 0 Å². The van der Waals surface area contributed by atoms with Crippen molar-refractivity contribution >= 4 is 17.4 Å². The van der Waals surface area contributed by atoms with Crippen molar-refractivity contribution in [3.63, 3.8) is 0 Å². The summed E-state index contributed by atoms with van der Waals surface area (Å²) in [5, 5.41) is 1.78. The Hall–Kier alpha value is -3.64. The summed E-state index contributed by atoms with van der Waals surface area (Å²) in [7, 11) is 0. The normalized spacial score (nSPS) is 14.9. The number of rotatable bonds is 14. The number of unbranched alkanes of at least 4 members (excludes halogenated alkanes) is 3. The van der Waals surface area contributed by atoms with E-state index in [0.29, 0.717) is 29.9 Å². The maximum absolute atomic E-state index is 13.7. The van der Waals surface area contributed by atoms with Crippen molar-refractivity contribution in [3.8, 4) is 5.75 Å². The average Bonchev–Trinajstić information content (AvgIpc) is 3.18. The van der Waals surface area contributed by atoms with Gasteiger partial charge in [-0.1, -0.05) is 87.4 Å². The molecule has 0 aliphatic carbocycles. The first kappa shape index (κ1) is 29.3. The summed E-state index contributed by atoms with van der Waals surface area (Å²) in [5.74, 6) is 0.290. The fraction of sp³-hybridized carbons (Fsp3) is 0.412. The van der Waals surface area contributed by atoms with Gasteiger partial charge in [0, 0.05) is 5.56 Å². The molecule has 6 nitrogen and oxygen atoms in total. The largest absolute Gasteiger partial charge is 0.493 e. The van der Waals surface area contributed by atoms with Crippen LogP contribution in [0.5, 0.6) is 5.75 Å². The average molecular weight is 542 g/mol. The van der Waals surface area contributed by atoms with Gasteiger partial charge < -0.3 is 9.64 Å². The van der Waals surface area contributed by atoms with E-state index in [-0.39, 0.29) is 11.7 Å². The molecular weight excluding hydrogens is 498 g/mol. The number of ether oxygens (including phenoxy) is 1. The maximum Gasteiger partial charge on any atom is 0.273 e. The van der Waals surface area contributed by atoms with E-state index in [1.54, 1.807) is 11.1 Å². The highest BCUT2D eigenvalue weighted by atomic mass is 16.5. The van der Waals surface area contributed by atoms with Crippen molar-refractivity contribution in [2.45, 2.75) is 64.8 Å². The lowest BCUT2D eigenvalue weighted by atomic mass is 9.99. The van der Waals surface area contributed by atoms with Crippen molar-refractivity contribution in [1.82, 2.24) is 10.3 Å². The number of anilines is 1. The van der Waals surface area contributed by atoms with Gasteiger partial charge in [0.15, 0.2) is 5.78 Å². The molecule has 0 bridgehead atoms. The number of amides is 1. The second kappa shape index (κ2) is 15.2. The summed E-state index contributed by atoms with van der Waals surface area (Å²) in [6.07, 6.45) is 6.78. The van der Waals surface area contributed by atoms with Gasteiger partial charge in [0.25, 0.3) is 5.91 Å². The zero-order valence-electron chi connectivity index (χ0n) is 24.0. The van der Waals surface area contributed by atoms with Crippen LogP contribution in [0.1, 0.15) is 78.7 Å². The molecule has 1 unspecified atom stereocenters. The van der Waals surface area contributed by atoms with Gasteiger partial charge in [0.1, 0.15) is 11.8 Å². The van der Waals surface area contributed by atoms with Crippen LogP contribution in [0.4, 0.5) is 5.69 Å². The third-order valence-electron chi connectivity index (χ3n) is 7.72. The smallest absolute Gasteiger partial charge is 0.273 e. The molecule has 0 aromatic heterocycles. The minimum absolute atomic E-state index is 0.00290. The molecule has 0 fully saturated rings. The molecule has 1 atom stereocenters. The van der Waals surface area contributed by atoms with Crippen molar-refractivity contribution in [3.05, 3.63) is 95.6 Å². The van der Waals surface area contributed by atoms with E-state index in [4.69, 9.17) is 4.74 Å². The lowest BCUT2D eigenvalue weighted by Gasteiger charge is -2.32. The quantitative estimate of drug-likeness (QED) is 0.182. The Kier molecular flexibility index (Phi) is 11.2. The first-order chi connectivity index (χ1) is 19.6. The van der Waals surface area contributed by atoms with E-state index in [0.717, 1.165) is 56.6 Å². The Labute approximate surface area is 239 Å². The van der Waals surface area contributed by atoms with Crippen molar-refractivity contribution in [2.24, 2.45) is 0 Å². The molecular formula is C34H43N3O3. The SMILES string of the molecule is CCN(CC)CCCCCCOc1ccccc1C(=O)NN1c2ccccc2CCCC1C(=O)c1ccccc1. The molecule has 0 saturated heterocycles. The van der Waals surface area contributed by atoms with E-state index >= 15 is 0 Å². The van der Waals surface area contributed by atoms with Gasteiger partial charge in [0.2, 0.25) is 0 Å². The van der Waals surface area contributed by atoms with Gasteiger partial charge >= 0.3 is 0 Å². The standard InChI is InChI=1S/C34H43N3O3/c1-3-36(4-2)25-14-5-6-15-26-40-32-24-13-11-21-29(32)34(39)35-37-30-22-12-10-17-27(30)20-16-23-31(37)33(38)28-18-8-7-9-19-28/h7-13,17-19,21-22,24,31H,3-6,14-16,20,23,25-26H2,1-2H3,(H,35,39). The van der Waals surface area contributed by atoms with E-state index in [2.05, 4.69) is 30.2 Å². The number of benzene rings is 3. The summed E-state index contributed by atoms with van der Waals surface area (Å²) < 4.78 is 6.10. The molecule has 212 valence electrons. The molecule has 1 aliphatic heterocycles. The fourth-order valence-corrected chi connectivity index (χ4v) is 5.38. The Morgan fingerprint density at radius 1 is 0.875 bits per heavy atom. The molecule has 3 aromatic rings. The molecule has 40 heavy (non-hydrogen) atoms. The van der Waals surface area contributed by atoms with E-state index in [1.165, 1.54) is 12.8 Å². The molecule has 6 heteroatoms. The zero-order chi connectivity index (χ0) is 28.2. The lowest BCUT2D eigenvalue weighted by Crippen LogP contribution is -2.52. The monoisotopic (exact) mass is 541 g/mol. The maximum atomic E-state index is 13.7. The highest BCUT2D eigenvalue weighted by Gasteiger charge is 2.32. The molecule has 4 rings (SSSR count). The Morgan fingerprint density at radius 2 is 1.57 bits per heavy atom. The predicted octanol–water partition coefficient (Wildman–Crippen LogP) is 6.71. The number of nitrogens with one attached hydrogen (secondary N) is 1. The van der Waals surface area contributed by atoms with Crippen LogP contribution in [-0.4, -0.2) is 48.9 Å². The zero-order valence-corrected chi connectivity index (χ0v) is 24.0. The van der Waals surface area contributed by atoms with Gasteiger partial charge in [-0.15, -0.1) is 0 Å². The van der Waals surface area contributed by atoms with Gasteiger partial charge in [-0.05, 0) is 75.5 Å². The highest BCUT2D eigenvalue weighted by molar-refractivity contribution is 6.04. The highest BCUT2D eigenvalue weighted by Crippen LogP contribution is 2.30. The number of hydrogen-bond donors (Lipinski definition) is 1. The number of ketones is 1. The van der Waals surface area contributed by atoms with E-state index in [1.807, 2.05) is 66.7 Å². The topological polar surface area (TPSA) is 61.9 Å². The van der Waals surface area contributed by atoms with Crippen LogP contribution in [0.2, 0.25) is 0 Å². The third-order valence-corrected chi connectivity index (χ3v) is 7.72. The second-order valence-electron chi connectivity index (χ2n) is 10.4. The number of Topliss-reactive ketones (excluding diaryl/α,β-unsaturated/α-hetero) is 1. The minimum atomic E-state index is -0.501. The molecule has 1 aliphatic rings. The molecule has 1 N–H and O–H groups in total. The number of fused-ring (bicyclic) bond motifs is 1. The van der Waals surface area contributed by atoms with Crippen LogP contribution in [0.25, 0.3) is 0 Å². The Morgan fingerprint density at radius 3 is 2.38 bits per heavy atom. The van der Waals surface area contributed by atoms with Gasteiger partial charge in [-0.25, -0.2) is 0 Å². The number of aryl methyl sites for hydroxylation is 1. The van der Waals surface area contributed by atoms with Gasteiger partial charge in [-0.3, -0.25) is 20.0 Å². The van der Waals surface area contributed by atoms with Gasteiger partial charge in [0.05, 0.1) is 17.9 Å². The third kappa shape index (κ3) is 7.72. The van der Waals surface area contributed by atoms with Crippen molar-refractivity contribution in [1.29, 1.82) is 0 Å².